The molecule has 2 aromatic rings. The second-order valence-electron chi connectivity index (χ2n) is 5.96. The number of halogens is 3. The van der Waals surface area contributed by atoms with Crippen molar-refractivity contribution in [3.05, 3.63) is 39.4 Å². The van der Waals surface area contributed by atoms with Gasteiger partial charge in [0.1, 0.15) is 0 Å². The predicted octanol–water partition coefficient (Wildman–Crippen LogP) is 3.63. The molecule has 8 heteroatoms. The molecule has 0 saturated carbocycles. The minimum atomic E-state index is -4.49. The van der Waals surface area contributed by atoms with Gasteiger partial charge in [-0.05, 0) is 0 Å². The first kappa shape index (κ1) is 16.3. The summed E-state index contributed by atoms with van der Waals surface area (Å²) in [5.41, 5.74) is 2.28. The molecule has 1 aliphatic heterocycles. The second kappa shape index (κ2) is 6.16. The molecule has 0 amide bonds. The third-order valence-corrected chi connectivity index (χ3v) is 4.91. The molecule has 0 spiro atoms. The molecule has 23 heavy (non-hydrogen) atoms. The largest absolute Gasteiger partial charge is 0.451 e. The normalized spacial score (nSPS) is 15.9. The van der Waals surface area contributed by atoms with Crippen LogP contribution in [0.2, 0.25) is 0 Å². The van der Waals surface area contributed by atoms with Crippen molar-refractivity contribution in [3.8, 4) is 0 Å². The van der Waals surface area contributed by atoms with E-state index >= 15 is 0 Å². The Balaban J connectivity index is 1.70. The summed E-state index contributed by atoms with van der Waals surface area (Å²) in [7, 11) is 0. The summed E-state index contributed by atoms with van der Waals surface area (Å²) < 4.78 is 37.9. The average Bonchev–Trinajstić information content (AvgIpc) is 2.94. The standard InChI is InChI=1S/C15H17F3N4S/c1-9(2)13-20-11(8-23-13)7-22-4-3-12-10(6-22)5-19-14(21-12)15(16,17)18/h5,8-9H,3-4,6-7H2,1-2H3. The van der Waals surface area contributed by atoms with Crippen molar-refractivity contribution in [1.29, 1.82) is 0 Å². The van der Waals surface area contributed by atoms with Crippen LogP contribution >= 0.6 is 11.3 Å². The summed E-state index contributed by atoms with van der Waals surface area (Å²) in [6, 6.07) is 0. The van der Waals surface area contributed by atoms with Crippen LogP contribution in [0.25, 0.3) is 0 Å². The van der Waals surface area contributed by atoms with Crippen LogP contribution < -0.4 is 0 Å². The maximum atomic E-state index is 12.6. The third kappa shape index (κ3) is 3.69. The molecule has 0 N–H and O–H groups in total. The van der Waals surface area contributed by atoms with Gasteiger partial charge in [0.2, 0.25) is 5.82 Å². The van der Waals surface area contributed by atoms with E-state index in [2.05, 4.69) is 33.7 Å². The Hall–Kier alpha value is -1.54. The number of alkyl halides is 3. The first-order valence-corrected chi connectivity index (χ1v) is 8.29. The molecule has 3 rings (SSSR count). The van der Waals surface area contributed by atoms with E-state index < -0.39 is 12.0 Å². The summed E-state index contributed by atoms with van der Waals surface area (Å²) in [5.74, 6) is -0.643. The molecule has 0 saturated heterocycles. The molecule has 2 aromatic heterocycles. The van der Waals surface area contributed by atoms with E-state index in [9.17, 15) is 13.2 Å². The molecular weight excluding hydrogens is 325 g/mol. The van der Waals surface area contributed by atoms with E-state index in [-0.39, 0.29) is 0 Å². The number of nitrogens with zero attached hydrogens (tertiary/aromatic N) is 4. The smallest absolute Gasteiger partial charge is 0.293 e. The molecule has 4 nitrogen and oxygen atoms in total. The SMILES string of the molecule is CC(C)c1nc(CN2CCc3nc(C(F)(F)F)ncc3C2)cs1. The van der Waals surface area contributed by atoms with Crippen LogP contribution in [0.1, 0.15) is 47.5 Å². The number of rotatable bonds is 3. The number of thiazole rings is 1. The molecule has 0 aromatic carbocycles. The molecule has 1 aliphatic rings. The molecule has 0 bridgehead atoms. The zero-order valence-electron chi connectivity index (χ0n) is 12.9. The monoisotopic (exact) mass is 342 g/mol. The van der Waals surface area contributed by atoms with Gasteiger partial charge in [-0.1, -0.05) is 13.8 Å². The van der Waals surface area contributed by atoms with Gasteiger partial charge < -0.3 is 0 Å². The Morgan fingerprint density at radius 3 is 2.74 bits per heavy atom. The van der Waals surface area contributed by atoms with Gasteiger partial charge in [0, 0.05) is 49.1 Å². The van der Waals surface area contributed by atoms with Gasteiger partial charge in [-0.2, -0.15) is 13.2 Å². The molecular formula is C15H17F3N4S. The first-order valence-electron chi connectivity index (χ1n) is 7.41. The fourth-order valence-corrected chi connectivity index (χ4v) is 3.36. The molecule has 3 heterocycles. The lowest BCUT2D eigenvalue weighted by Gasteiger charge is -2.27. The summed E-state index contributed by atoms with van der Waals surface area (Å²) in [5, 5.41) is 3.16. The van der Waals surface area contributed by atoms with Gasteiger partial charge in [-0.15, -0.1) is 11.3 Å². The number of hydrogen-bond acceptors (Lipinski definition) is 5. The highest BCUT2D eigenvalue weighted by Crippen LogP contribution is 2.28. The average molecular weight is 342 g/mol. The van der Waals surface area contributed by atoms with Crippen molar-refractivity contribution >= 4 is 11.3 Å². The van der Waals surface area contributed by atoms with Crippen LogP contribution in [0.5, 0.6) is 0 Å². The number of aromatic nitrogens is 3. The van der Waals surface area contributed by atoms with E-state index in [1.165, 1.54) is 6.20 Å². The van der Waals surface area contributed by atoms with Crippen LogP contribution in [-0.4, -0.2) is 26.4 Å². The number of hydrogen-bond donors (Lipinski definition) is 0. The maximum Gasteiger partial charge on any atom is 0.451 e. The Labute approximate surface area is 136 Å². The lowest BCUT2D eigenvalue weighted by Crippen LogP contribution is -2.31. The third-order valence-electron chi connectivity index (χ3n) is 3.72. The number of fused-ring (bicyclic) bond motifs is 1. The van der Waals surface area contributed by atoms with Crippen molar-refractivity contribution in [2.45, 2.75) is 45.5 Å². The molecule has 0 radical (unpaired) electrons. The van der Waals surface area contributed by atoms with E-state index in [4.69, 9.17) is 0 Å². The highest BCUT2D eigenvalue weighted by atomic mass is 32.1. The van der Waals surface area contributed by atoms with Gasteiger partial charge in [-0.25, -0.2) is 15.0 Å². The van der Waals surface area contributed by atoms with Crippen LogP contribution in [0.4, 0.5) is 13.2 Å². The highest BCUT2D eigenvalue weighted by molar-refractivity contribution is 7.09. The lowest BCUT2D eigenvalue weighted by atomic mass is 10.1. The van der Waals surface area contributed by atoms with Crippen molar-refractivity contribution in [2.75, 3.05) is 6.54 Å². The van der Waals surface area contributed by atoms with Crippen molar-refractivity contribution < 1.29 is 13.2 Å². The maximum absolute atomic E-state index is 12.6. The predicted molar refractivity (Wildman–Crippen MR) is 81.1 cm³/mol. The molecule has 124 valence electrons. The Morgan fingerprint density at radius 1 is 1.30 bits per heavy atom. The Morgan fingerprint density at radius 2 is 2.09 bits per heavy atom. The van der Waals surface area contributed by atoms with Crippen molar-refractivity contribution in [2.24, 2.45) is 0 Å². The molecule has 0 atom stereocenters. The first-order chi connectivity index (χ1) is 10.8. The van der Waals surface area contributed by atoms with Gasteiger partial charge in [0.05, 0.1) is 16.4 Å². The van der Waals surface area contributed by atoms with E-state index in [1.807, 2.05) is 5.38 Å². The quantitative estimate of drug-likeness (QED) is 0.854. The Bertz CT molecular complexity index is 696. The minimum absolute atomic E-state index is 0.407. The molecule has 0 fully saturated rings. The van der Waals surface area contributed by atoms with Gasteiger partial charge >= 0.3 is 6.18 Å². The van der Waals surface area contributed by atoms with Crippen LogP contribution in [0.15, 0.2) is 11.6 Å². The highest BCUT2D eigenvalue weighted by Gasteiger charge is 2.35. The van der Waals surface area contributed by atoms with Gasteiger partial charge in [0.15, 0.2) is 0 Å². The van der Waals surface area contributed by atoms with Gasteiger partial charge in [-0.3, -0.25) is 4.90 Å². The zero-order chi connectivity index (χ0) is 16.6. The van der Waals surface area contributed by atoms with Crippen molar-refractivity contribution in [3.63, 3.8) is 0 Å². The lowest BCUT2D eigenvalue weighted by molar-refractivity contribution is -0.145. The second-order valence-corrected chi connectivity index (χ2v) is 6.85. The van der Waals surface area contributed by atoms with E-state index in [0.717, 1.165) is 16.3 Å². The topological polar surface area (TPSA) is 41.9 Å². The van der Waals surface area contributed by atoms with Crippen LogP contribution in [-0.2, 0) is 25.7 Å². The molecule has 0 unspecified atom stereocenters. The van der Waals surface area contributed by atoms with E-state index in [1.54, 1.807) is 11.3 Å². The minimum Gasteiger partial charge on any atom is -0.293 e. The fraction of sp³-hybridized carbons (Fsp3) is 0.533. The molecule has 0 aliphatic carbocycles. The van der Waals surface area contributed by atoms with Gasteiger partial charge in [0.25, 0.3) is 0 Å². The summed E-state index contributed by atoms with van der Waals surface area (Å²) in [4.78, 5) is 13.9. The summed E-state index contributed by atoms with van der Waals surface area (Å²) >= 11 is 1.65. The summed E-state index contributed by atoms with van der Waals surface area (Å²) in [6.45, 7) is 6.15. The van der Waals surface area contributed by atoms with Crippen molar-refractivity contribution in [1.82, 2.24) is 19.9 Å². The van der Waals surface area contributed by atoms with E-state index in [0.29, 0.717) is 37.7 Å². The zero-order valence-corrected chi connectivity index (χ0v) is 13.7. The van der Waals surface area contributed by atoms with Crippen LogP contribution in [0.3, 0.4) is 0 Å². The summed E-state index contributed by atoms with van der Waals surface area (Å²) in [6.07, 6.45) is -2.68. The van der Waals surface area contributed by atoms with Crippen LogP contribution in [0, 0.1) is 0 Å². The fourth-order valence-electron chi connectivity index (χ4n) is 2.54. The Kier molecular flexibility index (Phi) is 4.37.